The molecule has 1 heterocycles. The third-order valence-electron chi connectivity index (χ3n) is 8.01. The van der Waals surface area contributed by atoms with E-state index in [1.54, 1.807) is 24.0 Å². The number of carbonyl (C=O) groups excluding carboxylic acids is 1. The Morgan fingerprint density at radius 3 is 1.91 bits per heavy atom. The predicted molar refractivity (Wildman–Crippen MR) is 178 cm³/mol. The first-order valence-corrected chi connectivity index (χ1v) is 16.1. The number of rotatable bonds is 19. The summed E-state index contributed by atoms with van der Waals surface area (Å²) in [6.45, 7) is 2.91. The van der Waals surface area contributed by atoms with Crippen molar-refractivity contribution < 1.29 is 19.0 Å². The van der Waals surface area contributed by atoms with Gasteiger partial charge < -0.3 is 19.5 Å². The van der Waals surface area contributed by atoms with Crippen molar-refractivity contribution in [3.05, 3.63) is 78.1 Å². The topological polar surface area (TPSA) is 100 Å². The Morgan fingerprint density at radius 1 is 0.756 bits per heavy atom. The lowest BCUT2D eigenvalue weighted by atomic mass is 9.94. The number of unbranched alkanes of at least 4 members (excludes halogenated alkanes) is 9. The fourth-order valence-corrected chi connectivity index (χ4v) is 5.45. The van der Waals surface area contributed by atoms with Crippen molar-refractivity contribution >= 4 is 11.6 Å². The van der Waals surface area contributed by atoms with Crippen LogP contribution >= 0.6 is 0 Å². The molecular formula is C36H47N5O4. The molecule has 240 valence electrons. The van der Waals surface area contributed by atoms with Crippen LogP contribution in [-0.2, 0) is 11.3 Å². The number of amides is 1. The molecule has 9 nitrogen and oxygen atoms in total. The smallest absolute Gasteiger partial charge is 0.240 e. The maximum absolute atomic E-state index is 14.0. The molecule has 0 aliphatic rings. The fraction of sp³-hybridized carbons (Fsp3) is 0.444. The van der Waals surface area contributed by atoms with Gasteiger partial charge in [0.15, 0.2) is 5.82 Å². The average Bonchev–Trinajstić information content (AvgIpc) is 3.54. The summed E-state index contributed by atoms with van der Waals surface area (Å²) >= 11 is 0. The molecule has 0 spiro atoms. The number of hydrogen-bond acceptors (Lipinski definition) is 7. The van der Waals surface area contributed by atoms with Gasteiger partial charge in [0.05, 0.1) is 27.9 Å². The highest BCUT2D eigenvalue weighted by Gasteiger charge is 2.29. The summed E-state index contributed by atoms with van der Waals surface area (Å²) in [7, 11) is 4.63. The van der Waals surface area contributed by atoms with Crippen molar-refractivity contribution in [1.29, 1.82) is 0 Å². The highest BCUT2D eigenvalue weighted by atomic mass is 16.5. The Balaban J connectivity index is 1.49. The molecule has 1 amide bonds. The first-order valence-electron chi connectivity index (χ1n) is 16.1. The van der Waals surface area contributed by atoms with Crippen LogP contribution in [0.15, 0.2) is 66.7 Å². The second kappa shape index (κ2) is 17.8. The highest BCUT2D eigenvalue weighted by Crippen LogP contribution is 2.40. The molecule has 0 aliphatic carbocycles. The summed E-state index contributed by atoms with van der Waals surface area (Å²) in [4.78, 5) is 15.6. The number of carbonyl (C=O) groups is 1. The minimum absolute atomic E-state index is 0.331. The van der Waals surface area contributed by atoms with Crippen LogP contribution in [-0.4, -0.2) is 47.4 Å². The van der Waals surface area contributed by atoms with Gasteiger partial charge in [0.25, 0.3) is 0 Å². The second-order valence-electron chi connectivity index (χ2n) is 11.2. The number of methoxy groups -OCH3 is 3. The molecule has 0 unspecified atom stereocenters. The van der Waals surface area contributed by atoms with Gasteiger partial charge in [-0.15, -0.1) is 10.2 Å². The summed E-state index contributed by atoms with van der Waals surface area (Å²) in [5, 5.41) is 16.3. The number of nitrogens with one attached hydrogen (secondary N) is 1. The molecule has 4 rings (SSSR count). The molecule has 4 aromatic rings. The highest BCUT2D eigenvalue weighted by molar-refractivity contribution is 6.00. The summed E-state index contributed by atoms with van der Waals surface area (Å²) in [6.07, 6.45) is 12.5. The zero-order chi connectivity index (χ0) is 31.9. The van der Waals surface area contributed by atoms with Crippen LogP contribution in [0.3, 0.4) is 0 Å². The van der Waals surface area contributed by atoms with E-state index >= 15 is 0 Å². The zero-order valence-electron chi connectivity index (χ0n) is 27.1. The second-order valence-corrected chi connectivity index (χ2v) is 11.2. The molecular weight excluding hydrogens is 566 g/mol. The SMILES string of the molecule is CCCCCCCCCCCCn1nnc([C@H](C(=O)Nc2c(OC)cc(OC)cc2OC)c2ccc(-c3ccccc3)cc2)n1. The first kappa shape index (κ1) is 33.5. The number of aryl methyl sites for hydroxylation is 1. The Kier molecular flexibility index (Phi) is 13.2. The first-order chi connectivity index (χ1) is 22.1. The van der Waals surface area contributed by atoms with E-state index in [0.717, 1.165) is 29.5 Å². The monoisotopic (exact) mass is 613 g/mol. The molecule has 1 N–H and O–H groups in total. The van der Waals surface area contributed by atoms with Crippen molar-refractivity contribution in [3.63, 3.8) is 0 Å². The van der Waals surface area contributed by atoms with Crippen LogP contribution in [0.4, 0.5) is 5.69 Å². The molecule has 0 aliphatic heterocycles. The number of anilines is 1. The molecule has 9 heteroatoms. The van der Waals surface area contributed by atoms with Gasteiger partial charge in [-0.3, -0.25) is 4.79 Å². The maximum Gasteiger partial charge on any atom is 0.240 e. The van der Waals surface area contributed by atoms with E-state index in [1.807, 2.05) is 42.5 Å². The fourth-order valence-electron chi connectivity index (χ4n) is 5.45. The molecule has 45 heavy (non-hydrogen) atoms. The normalized spacial score (nSPS) is 11.6. The predicted octanol–water partition coefficient (Wildman–Crippen LogP) is 8.06. The Hall–Kier alpha value is -4.40. The van der Waals surface area contributed by atoms with Crippen LogP contribution in [0.25, 0.3) is 11.1 Å². The summed E-state index contributed by atoms with van der Waals surface area (Å²) in [5.74, 6) is 0.561. The number of nitrogens with zero attached hydrogens (tertiary/aromatic N) is 4. The average molecular weight is 614 g/mol. The van der Waals surface area contributed by atoms with Crippen molar-refractivity contribution in [2.75, 3.05) is 26.6 Å². The Bertz CT molecular complexity index is 1430. The molecule has 3 aromatic carbocycles. The van der Waals surface area contributed by atoms with Gasteiger partial charge >= 0.3 is 0 Å². The minimum Gasteiger partial charge on any atom is -0.496 e. The van der Waals surface area contributed by atoms with E-state index in [9.17, 15) is 4.79 Å². The van der Waals surface area contributed by atoms with E-state index in [1.165, 1.54) is 65.6 Å². The number of tetrazole rings is 1. The zero-order valence-corrected chi connectivity index (χ0v) is 27.1. The molecule has 0 saturated heterocycles. The van der Waals surface area contributed by atoms with Gasteiger partial charge in [-0.05, 0) is 28.3 Å². The molecule has 1 atom stereocenters. The number of benzene rings is 3. The summed E-state index contributed by atoms with van der Waals surface area (Å²) in [5.41, 5.74) is 3.29. The number of ether oxygens (including phenoxy) is 3. The van der Waals surface area contributed by atoms with Gasteiger partial charge in [-0.2, -0.15) is 4.80 Å². The van der Waals surface area contributed by atoms with Crippen LogP contribution in [0, 0.1) is 0 Å². The standard InChI is InChI=1S/C36H47N5O4/c1-5-6-7-8-9-10-11-12-13-17-24-41-39-35(38-40-41)33(29-22-20-28(21-23-29)27-18-15-14-16-19-27)36(42)37-34-31(44-3)25-30(43-2)26-32(34)45-4/h14-16,18-23,25-26,33H,5-13,17,24H2,1-4H3,(H,37,42)/t33-/m1/s1. The maximum atomic E-state index is 14.0. The Morgan fingerprint density at radius 2 is 1.33 bits per heavy atom. The summed E-state index contributed by atoms with van der Waals surface area (Å²) in [6, 6.07) is 21.4. The Labute approximate surface area is 267 Å². The summed E-state index contributed by atoms with van der Waals surface area (Å²) < 4.78 is 16.5. The van der Waals surface area contributed by atoms with E-state index in [4.69, 9.17) is 14.2 Å². The third-order valence-corrected chi connectivity index (χ3v) is 8.01. The molecule has 0 fully saturated rings. The van der Waals surface area contributed by atoms with Gasteiger partial charge in [0.2, 0.25) is 5.91 Å². The molecule has 0 saturated carbocycles. The van der Waals surface area contributed by atoms with E-state index in [2.05, 4.69) is 39.8 Å². The van der Waals surface area contributed by atoms with Crippen molar-refractivity contribution in [2.24, 2.45) is 0 Å². The third kappa shape index (κ3) is 9.54. The quantitative estimate of drug-likeness (QED) is 0.107. The lowest BCUT2D eigenvalue weighted by Gasteiger charge is -2.19. The van der Waals surface area contributed by atoms with Crippen molar-refractivity contribution in [2.45, 2.75) is 83.6 Å². The van der Waals surface area contributed by atoms with Gasteiger partial charge in [-0.1, -0.05) is 119 Å². The molecule has 0 bridgehead atoms. The van der Waals surface area contributed by atoms with Crippen molar-refractivity contribution in [3.8, 4) is 28.4 Å². The molecule has 1 aromatic heterocycles. The van der Waals surface area contributed by atoms with E-state index in [-0.39, 0.29) is 5.91 Å². The van der Waals surface area contributed by atoms with E-state index < -0.39 is 5.92 Å². The van der Waals surface area contributed by atoms with Crippen molar-refractivity contribution in [1.82, 2.24) is 20.2 Å². The van der Waals surface area contributed by atoms with Crippen LogP contribution in [0.2, 0.25) is 0 Å². The minimum atomic E-state index is -0.812. The van der Waals surface area contributed by atoms with E-state index in [0.29, 0.717) is 35.3 Å². The number of hydrogen-bond donors (Lipinski definition) is 1. The van der Waals surface area contributed by atoms with Crippen LogP contribution in [0.1, 0.15) is 88.4 Å². The lowest BCUT2D eigenvalue weighted by Crippen LogP contribution is -2.24. The number of aromatic nitrogens is 4. The van der Waals surface area contributed by atoms with Crippen LogP contribution < -0.4 is 19.5 Å². The largest absolute Gasteiger partial charge is 0.496 e. The van der Waals surface area contributed by atoms with Gasteiger partial charge in [0.1, 0.15) is 28.9 Å². The van der Waals surface area contributed by atoms with Crippen LogP contribution in [0.5, 0.6) is 17.2 Å². The van der Waals surface area contributed by atoms with Gasteiger partial charge in [-0.25, -0.2) is 0 Å². The lowest BCUT2D eigenvalue weighted by molar-refractivity contribution is -0.116. The molecule has 0 radical (unpaired) electrons. The van der Waals surface area contributed by atoms with Gasteiger partial charge in [0, 0.05) is 12.1 Å².